The first-order chi connectivity index (χ1) is 16.5. The molecule has 2 aromatic heterocycles. The zero-order valence-corrected chi connectivity index (χ0v) is 20.0. The summed E-state index contributed by atoms with van der Waals surface area (Å²) in [5.74, 6) is 1.82. The van der Waals surface area contributed by atoms with Gasteiger partial charge in [-0.15, -0.1) is 0 Å². The Morgan fingerprint density at radius 3 is 2.41 bits per heavy atom. The number of benzene rings is 2. The molecule has 2 aromatic carbocycles. The summed E-state index contributed by atoms with van der Waals surface area (Å²) in [7, 11) is 0. The Kier molecular flexibility index (Phi) is 6.01. The van der Waals surface area contributed by atoms with Gasteiger partial charge < -0.3 is 9.80 Å². The van der Waals surface area contributed by atoms with Crippen LogP contribution in [0, 0.1) is 13.8 Å². The molecule has 0 unspecified atom stereocenters. The number of amides is 1. The second-order valence-corrected chi connectivity index (χ2v) is 9.00. The normalized spacial score (nSPS) is 14.4. The van der Waals surface area contributed by atoms with E-state index in [0.717, 1.165) is 60.1 Å². The summed E-state index contributed by atoms with van der Waals surface area (Å²) in [6.45, 7) is 8.82. The molecular weight excluding hydrogens is 424 g/mol. The van der Waals surface area contributed by atoms with E-state index in [0.29, 0.717) is 13.0 Å². The van der Waals surface area contributed by atoms with Gasteiger partial charge in [-0.05, 0) is 38.0 Å². The summed E-state index contributed by atoms with van der Waals surface area (Å²) in [6.07, 6.45) is 1.56. The molecule has 4 aromatic rings. The lowest BCUT2D eigenvalue weighted by molar-refractivity contribution is -0.128. The van der Waals surface area contributed by atoms with Gasteiger partial charge in [-0.25, -0.2) is 14.6 Å². The summed E-state index contributed by atoms with van der Waals surface area (Å²) >= 11 is 0. The highest BCUT2D eigenvalue weighted by atomic mass is 16.2. The summed E-state index contributed by atoms with van der Waals surface area (Å²) in [5.41, 5.74) is 5.12. The maximum atomic E-state index is 12.0. The first kappa shape index (κ1) is 22.1. The third-order valence-electron chi connectivity index (χ3n) is 6.45. The van der Waals surface area contributed by atoms with Gasteiger partial charge in [0.05, 0.1) is 16.8 Å². The summed E-state index contributed by atoms with van der Waals surface area (Å²) < 4.78 is 1.92. The maximum Gasteiger partial charge on any atom is 0.219 e. The van der Waals surface area contributed by atoms with Crippen LogP contribution in [0.15, 0.2) is 54.6 Å². The fraction of sp³-hybridized carbons (Fsp3) is 0.333. The predicted octanol–water partition coefficient (Wildman–Crippen LogP) is 4.08. The number of hydrogen-bond donors (Lipinski definition) is 0. The van der Waals surface area contributed by atoms with Crippen LogP contribution in [0.25, 0.3) is 16.7 Å². The number of aryl methyl sites for hydroxylation is 2. The number of carbonyl (C=O) groups excluding carboxylic acids is 1. The molecule has 1 saturated heterocycles. The minimum absolute atomic E-state index is 0.128. The quantitative estimate of drug-likeness (QED) is 0.465. The second kappa shape index (κ2) is 9.25. The molecule has 7 nitrogen and oxygen atoms in total. The van der Waals surface area contributed by atoms with Gasteiger partial charge in [0.1, 0.15) is 11.6 Å². The molecule has 3 heterocycles. The maximum absolute atomic E-state index is 12.0. The number of aromatic nitrogens is 4. The fourth-order valence-electron chi connectivity index (χ4n) is 4.60. The Bertz CT molecular complexity index is 1310. The molecule has 5 rings (SSSR count). The van der Waals surface area contributed by atoms with Crippen molar-refractivity contribution in [3.8, 4) is 5.69 Å². The van der Waals surface area contributed by atoms with Crippen LogP contribution in [-0.2, 0) is 11.2 Å². The Morgan fingerprint density at radius 1 is 0.912 bits per heavy atom. The average molecular weight is 455 g/mol. The third-order valence-corrected chi connectivity index (χ3v) is 6.45. The Morgan fingerprint density at radius 2 is 1.68 bits per heavy atom. The number of carbonyl (C=O) groups is 1. The van der Waals surface area contributed by atoms with Crippen molar-refractivity contribution < 1.29 is 4.79 Å². The monoisotopic (exact) mass is 454 g/mol. The molecule has 0 radical (unpaired) electrons. The van der Waals surface area contributed by atoms with Gasteiger partial charge in [0.25, 0.3) is 0 Å². The minimum Gasteiger partial charge on any atom is -0.354 e. The highest BCUT2D eigenvalue weighted by Crippen LogP contribution is 2.30. The van der Waals surface area contributed by atoms with Crippen molar-refractivity contribution >= 4 is 22.8 Å². The van der Waals surface area contributed by atoms with Crippen LogP contribution in [0.4, 0.5) is 5.82 Å². The molecule has 0 atom stereocenters. The highest BCUT2D eigenvalue weighted by Gasteiger charge is 2.24. The zero-order valence-electron chi connectivity index (χ0n) is 20.0. The Balaban J connectivity index is 1.62. The summed E-state index contributed by atoms with van der Waals surface area (Å²) in [4.78, 5) is 26.3. The van der Waals surface area contributed by atoms with E-state index in [-0.39, 0.29) is 5.91 Å². The van der Waals surface area contributed by atoms with E-state index in [4.69, 9.17) is 15.1 Å². The number of fused-ring (bicyclic) bond motifs is 1. The van der Waals surface area contributed by atoms with Gasteiger partial charge in [0, 0.05) is 39.5 Å². The molecule has 1 amide bonds. The zero-order chi connectivity index (χ0) is 23.7. The molecular formula is C27H30N6O. The lowest BCUT2D eigenvalue weighted by atomic mass is 10.1. The van der Waals surface area contributed by atoms with Crippen LogP contribution in [0.2, 0.25) is 0 Å². The van der Waals surface area contributed by atoms with Gasteiger partial charge >= 0.3 is 0 Å². The first-order valence-electron chi connectivity index (χ1n) is 11.9. The van der Waals surface area contributed by atoms with Crippen LogP contribution in [-0.4, -0.2) is 56.7 Å². The van der Waals surface area contributed by atoms with Crippen molar-refractivity contribution in [3.63, 3.8) is 0 Å². The Hall–Kier alpha value is -3.74. The van der Waals surface area contributed by atoms with Gasteiger partial charge in [0.2, 0.25) is 5.91 Å². The first-order valence-corrected chi connectivity index (χ1v) is 11.9. The highest BCUT2D eigenvalue weighted by molar-refractivity contribution is 5.91. The SMILES string of the molecule is CC(=O)N1CCCN(c2nc(Cc3ccc(C)cc3)nc3c2c(C)nn3-c2ccccc2)CC1. The third kappa shape index (κ3) is 4.38. The molecule has 1 fully saturated rings. The largest absolute Gasteiger partial charge is 0.354 e. The number of para-hydroxylation sites is 1. The topological polar surface area (TPSA) is 67.2 Å². The smallest absolute Gasteiger partial charge is 0.219 e. The van der Waals surface area contributed by atoms with E-state index in [1.165, 1.54) is 11.1 Å². The van der Waals surface area contributed by atoms with Gasteiger partial charge in [0.15, 0.2) is 5.65 Å². The van der Waals surface area contributed by atoms with Gasteiger partial charge in [-0.3, -0.25) is 4.79 Å². The van der Waals surface area contributed by atoms with Crippen LogP contribution in [0.3, 0.4) is 0 Å². The van der Waals surface area contributed by atoms with Crippen molar-refractivity contribution in [2.75, 3.05) is 31.1 Å². The van der Waals surface area contributed by atoms with Crippen molar-refractivity contribution in [1.82, 2.24) is 24.6 Å². The van der Waals surface area contributed by atoms with E-state index in [1.807, 2.05) is 46.8 Å². The van der Waals surface area contributed by atoms with E-state index >= 15 is 0 Å². The lowest BCUT2D eigenvalue weighted by Gasteiger charge is -2.23. The minimum atomic E-state index is 0.128. The molecule has 7 heteroatoms. The van der Waals surface area contributed by atoms with Crippen molar-refractivity contribution in [2.24, 2.45) is 0 Å². The van der Waals surface area contributed by atoms with Crippen LogP contribution in [0.5, 0.6) is 0 Å². The van der Waals surface area contributed by atoms with Crippen molar-refractivity contribution in [2.45, 2.75) is 33.6 Å². The molecule has 0 aliphatic carbocycles. The molecule has 0 bridgehead atoms. The van der Waals surface area contributed by atoms with Crippen molar-refractivity contribution in [1.29, 1.82) is 0 Å². The predicted molar refractivity (Wildman–Crippen MR) is 134 cm³/mol. The fourth-order valence-corrected chi connectivity index (χ4v) is 4.60. The van der Waals surface area contributed by atoms with E-state index in [9.17, 15) is 4.79 Å². The van der Waals surface area contributed by atoms with Gasteiger partial charge in [-0.2, -0.15) is 5.10 Å². The molecule has 0 saturated carbocycles. The van der Waals surface area contributed by atoms with Crippen LogP contribution in [0.1, 0.15) is 36.0 Å². The molecule has 1 aliphatic heterocycles. The Labute approximate surface area is 200 Å². The lowest BCUT2D eigenvalue weighted by Crippen LogP contribution is -2.34. The summed E-state index contributed by atoms with van der Waals surface area (Å²) in [5, 5.41) is 5.84. The standard InChI is InChI=1S/C27H30N6O/c1-19-10-12-22(13-11-19)18-24-28-26(32-15-7-14-31(16-17-32)21(3)34)25-20(2)30-33(27(25)29-24)23-8-5-4-6-9-23/h4-6,8-13H,7,14-18H2,1-3H3. The van der Waals surface area contributed by atoms with E-state index in [2.05, 4.69) is 36.1 Å². The molecule has 174 valence electrons. The number of nitrogens with zero attached hydrogens (tertiary/aromatic N) is 6. The van der Waals surface area contributed by atoms with Crippen molar-refractivity contribution in [3.05, 3.63) is 77.2 Å². The molecule has 0 N–H and O–H groups in total. The molecule has 34 heavy (non-hydrogen) atoms. The molecule has 0 spiro atoms. The van der Waals surface area contributed by atoms with Crippen LogP contribution < -0.4 is 4.90 Å². The number of anilines is 1. The summed E-state index contributed by atoms with van der Waals surface area (Å²) in [6, 6.07) is 18.6. The van der Waals surface area contributed by atoms with Gasteiger partial charge in [-0.1, -0.05) is 48.0 Å². The average Bonchev–Trinajstić information content (AvgIpc) is 3.01. The second-order valence-electron chi connectivity index (χ2n) is 9.00. The number of rotatable bonds is 4. The van der Waals surface area contributed by atoms with E-state index < -0.39 is 0 Å². The van der Waals surface area contributed by atoms with E-state index in [1.54, 1.807) is 6.92 Å². The number of hydrogen-bond acceptors (Lipinski definition) is 5. The molecule has 1 aliphatic rings. The van der Waals surface area contributed by atoms with Crippen LogP contribution >= 0.6 is 0 Å².